The Morgan fingerprint density at radius 3 is 3.27 bits per heavy atom. The van der Waals surface area contributed by atoms with Crippen LogP contribution in [0.2, 0.25) is 0 Å². The Hall–Kier alpha value is -2.28. The van der Waals surface area contributed by atoms with Crippen LogP contribution in [0.4, 0.5) is 4.79 Å². The van der Waals surface area contributed by atoms with Crippen molar-refractivity contribution in [1.82, 2.24) is 15.2 Å². The van der Waals surface area contributed by atoms with E-state index in [-0.39, 0.29) is 6.04 Å². The fraction of sp³-hybridized carbons (Fsp3) is 0.467. The van der Waals surface area contributed by atoms with E-state index < -0.39 is 6.09 Å². The summed E-state index contributed by atoms with van der Waals surface area (Å²) in [5.41, 5.74) is 1.53. The van der Waals surface area contributed by atoms with Crippen LogP contribution in [0.15, 0.2) is 22.6 Å². The number of carbonyl (C=O) groups is 1. The monoisotopic (exact) mass is 305 g/mol. The molecule has 1 aliphatic rings. The second-order valence-electron chi connectivity index (χ2n) is 5.38. The van der Waals surface area contributed by atoms with Crippen LogP contribution in [-0.4, -0.2) is 53.4 Å². The molecule has 0 spiro atoms. The zero-order chi connectivity index (χ0) is 15.5. The van der Waals surface area contributed by atoms with Gasteiger partial charge in [0.25, 0.3) is 0 Å². The maximum absolute atomic E-state index is 11.0. The van der Waals surface area contributed by atoms with E-state index in [1.165, 1.54) is 4.90 Å². The molecule has 1 aliphatic heterocycles. The van der Waals surface area contributed by atoms with Crippen molar-refractivity contribution in [3.63, 3.8) is 0 Å². The molecule has 0 bridgehead atoms. The minimum absolute atomic E-state index is 0.126. The normalized spacial score (nSPS) is 18.6. The molecule has 0 saturated carbocycles. The van der Waals surface area contributed by atoms with E-state index in [2.05, 4.69) is 10.3 Å². The van der Waals surface area contributed by atoms with Crippen molar-refractivity contribution in [3.8, 4) is 5.75 Å². The lowest BCUT2D eigenvalue weighted by atomic mass is 10.1. The first-order chi connectivity index (χ1) is 10.6. The Morgan fingerprint density at radius 1 is 1.59 bits per heavy atom. The molecule has 2 heterocycles. The third-order valence-electron chi connectivity index (χ3n) is 3.73. The largest absolute Gasteiger partial charge is 0.493 e. The van der Waals surface area contributed by atoms with E-state index in [1.54, 1.807) is 0 Å². The average molecular weight is 305 g/mol. The number of aryl methyl sites for hydroxylation is 1. The lowest BCUT2D eigenvalue weighted by Crippen LogP contribution is -2.52. The van der Waals surface area contributed by atoms with E-state index in [4.69, 9.17) is 14.3 Å². The second-order valence-corrected chi connectivity index (χ2v) is 5.38. The number of nitrogens with zero attached hydrogens (tertiary/aromatic N) is 2. The average Bonchev–Trinajstić information content (AvgIpc) is 2.87. The molecule has 0 unspecified atom stereocenters. The van der Waals surface area contributed by atoms with E-state index in [1.807, 2.05) is 25.1 Å². The van der Waals surface area contributed by atoms with Crippen molar-refractivity contribution < 1.29 is 19.1 Å². The summed E-state index contributed by atoms with van der Waals surface area (Å²) in [7, 11) is 0. The van der Waals surface area contributed by atoms with E-state index in [0.717, 1.165) is 17.7 Å². The van der Waals surface area contributed by atoms with Crippen molar-refractivity contribution in [3.05, 3.63) is 24.1 Å². The number of hydrogen-bond acceptors (Lipinski definition) is 5. The molecule has 7 heteroatoms. The third-order valence-corrected chi connectivity index (χ3v) is 3.73. The minimum atomic E-state index is -0.862. The first-order valence-electron chi connectivity index (χ1n) is 7.33. The fourth-order valence-corrected chi connectivity index (χ4v) is 2.62. The SMILES string of the molecule is Cc1nc2ccc(OCC[C@@H]3CN(C(=O)O)CCN3)cc2o1. The summed E-state index contributed by atoms with van der Waals surface area (Å²) in [5, 5.41) is 12.3. The predicted octanol–water partition coefficient (Wildman–Crippen LogP) is 1.86. The van der Waals surface area contributed by atoms with Crippen LogP contribution in [-0.2, 0) is 0 Å². The van der Waals surface area contributed by atoms with Gasteiger partial charge in [-0.05, 0) is 18.6 Å². The number of benzene rings is 1. The van der Waals surface area contributed by atoms with Crippen molar-refractivity contribution >= 4 is 17.2 Å². The number of fused-ring (bicyclic) bond motifs is 1. The highest BCUT2D eigenvalue weighted by molar-refractivity contribution is 5.74. The molecule has 0 radical (unpaired) electrons. The smallest absolute Gasteiger partial charge is 0.407 e. The number of oxazole rings is 1. The summed E-state index contributed by atoms with van der Waals surface area (Å²) in [5.74, 6) is 1.36. The molecular formula is C15H19N3O4. The van der Waals surface area contributed by atoms with Gasteiger partial charge in [-0.2, -0.15) is 0 Å². The van der Waals surface area contributed by atoms with Gasteiger partial charge < -0.3 is 24.5 Å². The van der Waals surface area contributed by atoms with Gasteiger partial charge in [-0.3, -0.25) is 0 Å². The van der Waals surface area contributed by atoms with Gasteiger partial charge in [0.2, 0.25) is 0 Å². The number of hydrogen-bond donors (Lipinski definition) is 2. The molecule has 22 heavy (non-hydrogen) atoms. The number of carboxylic acid groups (broad SMARTS) is 1. The molecule has 1 saturated heterocycles. The molecule has 2 N–H and O–H groups in total. The zero-order valence-corrected chi connectivity index (χ0v) is 12.4. The molecule has 1 fully saturated rings. The predicted molar refractivity (Wildman–Crippen MR) is 80.2 cm³/mol. The topological polar surface area (TPSA) is 87.8 Å². The number of nitrogens with one attached hydrogen (secondary N) is 1. The number of piperazine rings is 1. The van der Waals surface area contributed by atoms with Gasteiger partial charge in [-0.1, -0.05) is 0 Å². The molecule has 1 amide bonds. The molecule has 2 aromatic rings. The zero-order valence-electron chi connectivity index (χ0n) is 12.4. The number of aromatic nitrogens is 1. The first-order valence-corrected chi connectivity index (χ1v) is 7.33. The number of rotatable bonds is 4. The Labute approximate surface area is 127 Å². The molecule has 7 nitrogen and oxygen atoms in total. The molecule has 1 aromatic carbocycles. The summed E-state index contributed by atoms with van der Waals surface area (Å²) in [6.45, 7) is 4.04. The maximum Gasteiger partial charge on any atom is 0.407 e. The Balaban J connectivity index is 1.52. The van der Waals surface area contributed by atoms with Crippen LogP contribution in [0.5, 0.6) is 5.75 Å². The highest BCUT2D eigenvalue weighted by atomic mass is 16.5. The molecular weight excluding hydrogens is 286 g/mol. The second kappa shape index (κ2) is 6.23. The molecule has 0 aliphatic carbocycles. The lowest BCUT2D eigenvalue weighted by molar-refractivity contribution is 0.124. The molecule has 3 rings (SSSR count). The van der Waals surface area contributed by atoms with Crippen molar-refractivity contribution in [2.75, 3.05) is 26.2 Å². The van der Waals surface area contributed by atoms with Crippen LogP contribution in [0, 0.1) is 6.92 Å². The summed E-state index contributed by atoms with van der Waals surface area (Å²) in [4.78, 5) is 16.6. The van der Waals surface area contributed by atoms with E-state index in [0.29, 0.717) is 37.7 Å². The first kappa shape index (κ1) is 14.6. The highest BCUT2D eigenvalue weighted by Crippen LogP contribution is 2.21. The Morgan fingerprint density at radius 2 is 2.45 bits per heavy atom. The quantitative estimate of drug-likeness (QED) is 0.896. The van der Waals surface area contributed by atoms with Crippen LogP contribution in [0.25, 0.3) is 11.1 Å². The molecule has 1 atom stereocenters. The highest BCUT2D eigenvalue weighted by Gasteiger charge is 2.22. The summed E-state index contributed by atoms with van der Waals surface area (Å²) < 4.78 is 11.2. The van der Waals surface area contributed by atoms with Crippen molar-refractivity contribution in [1.29, 1.82) is 0 Å². The number of ether oxygens (including phenoxy) is 1. The standard InChI is InChI=1S/C15H19N3O4/c1-10-17-13-3-2-12(8-14(13)22-10)21-7-4-11-9-18(15(19)20)6-5-16-11/h2-3,8,11,16H,4-7,9H2,1H3,(H,19,20)/t11-/m1/s1. The van der Waals surface area contributed by atoms with Crippen LogP contribution in [0.1, 0.15) is 12.3 Å². The summed E-state index contributed by atoms with van der Waals surface area (Å²) in [6.07, 6.45) is -0.115. The van der Waals surface area contributed by atoms with Gasteiger partial charge >= 0.3 is 6.09 Å². The van der Waals surface area contributed by atoms with Gasteiger partial charge in [0.15, 0.2) is 11.5 Å². The van der Waals surface area contributed by atoms with Gasteiger partial charge in [0.1, 0.15) is 11.3 Å². The fourth-order valence-electron chi connectivity index (χ4n) is 2.62. The van der Waals surface area contributed by atoms with Gasteiger partial charge in [-0.25, -0.2) is 9.78 Å². The molecule has 118 valence electrons. The van der Waals surface area contributed by atoms with Crippen LogP contribution in [0.3, 0.4) is 0 Å². The lowest BCUT2D eigenvalue weighted by Gasteiger charge is -2.31. The van der Waals surface area contributed by atoms with Crippen molar-refractivity contribution in [2.24, 2.45) is 0 Å². The minimum Gasteiger partial charge on any atom is -0.493 e. The van der Waals surface area contributed by atoms with Crippen molar-refractivity contribution in [2.45, 2.75) is 19.4 Å². The van der Waals surface area contributed by atoms with Crippen LogP contribution >= 0.6 is 0 Å². The van der Waals surface area contributed by atoms with E-state index in [9.17, 15) is 4.79 Å². The number of amides is 1. The Bertz CT molecular complexity index is 670. The van der Waals surface area contributed by atoms with Gasteiger partial charge in [0.05, 0.1) is 6.61 Å². The van der Waals surface area contributed by atoms with E-state index >= 15 is 0 Å². The summed E-state index contributed by atoms with van der Waals surface area (Å²) >= 11 is 0. The molecule has 1 aromatic heterocycles. The summed E-state index contributed by atoms with van der Waals surface area (Å²) in [6, 6.07) is 5.68. The van der Waals surface area contributed by atoms with Gasteiger partial charge in [0, 0.05) is 38.7 Å². The third kappa shape index (κ3) is 3.30. The van der Waals surface area contributed by atoms with Gasteiger partial charge in [-0.15, -0.1) is 0 Å². The van der Waals surface area contributed by atoms with Crippen LogP contribution < -0.4 is 10.1 Å². The maximum atomic E-state index is 11.0. The Kier molecular flexibility index (Phi) is 4.15.